The van der Waals surface area contributed by atoms with E-state index >= 15 is 0 Å². The molecule has 0 saturated carbocycles. The average molecular weight is 314 g/mol. The smallest absolute Gasteiger partial charge is 0.346 e. The zero-order chi connectivity index (χ0) is 13.3. The first-order chi connectivity index (χ1) is 8.54. The summed E-state index contributed by atoms with van der Waals surface area (Å²) >= 11 is 3.29. The van der Waals surface area contributed by atoms with E-state index in [0.29, 0.717) is 12.1 Å². The standard InChI is InChI=1S/C12H13BrFN3O/c1-2-5-17-10(11(15)16-12(17)18)8-6-7(13)3-4-9(8)14/h3-4,6,10H,2,5H2,1H3,(H2,15,16,18). The van der Waals surface area contributed by atoms with E-state index in [1.807, 2.05) is 6.92 Å². The number of nitrogens with zero attached hydrogens (tertiary/aromatic N) is 2. The number of carbonyl (C=O) groups is 1. The van der Waals surface area contributed by atoms with Crippen molar-refractivity contribution in [2.75, 3.05) is 6.54 Å². The van der Waals surface area contributed by atoms with E-state index in [2.05, 4.69) is 20.9 Å². The van der Waals surface area contributed by atoms with E-state index in [0.717, 1.165) is 10.9 Å². The zero-order valence-corrected chi connectivity index (χ0v) is 11.4. The Kier molecular flexibility index (Phi) is 3.65. The number of aliphatic imine (C=N–C) groups is 1. The first kappa shape index (κ1) is 13.0. The van der Waals surface area contributed by atoms with Gasteiger partial charge in [-0.3, -0.25) is 0 Å². The van der Waals surface area contributed by atoms with Gasteiger partial charge in [0.2, 0.25) is 0 Å². The third kappa shape index (κ3) is 2.25. The molecule has 1 heterocycles. The summed E-state index contributed by atoms with van der Waals surface area (Å²) < 4.78 is 14.6. The molecule has 0 bridgehead atoms. The van der Waals surface area contributed by atoms with Crippen molar-refractivity contribution in [1.82, 2.24) is 4.90 Å². The maximum atomic E-state index is 13.9. The van der Waals surface area contributed by atoms with Crippen LogP contribution in [0.3, 0.4) is 0 Å². The summed E-state index contributed by atoms with van der Waals surface area (Å²) in [6.45, 7) is 2.44. The van der Waals surface area contributed by atoms with Gasteiger partial charge in [0.25, 0.3) is 0 Å². The van der Waals surface area contributed by atoms with E-state index < -0.39 is 17.9 Å². The Morgan fingerprint density at radius 2 is 2.28 bits per heavy atom. The van der Waals surface area contributed by atoms with Crippen LogP contribution >= 0.6 is 15.9 Å². The van der Waals surface area contributed by atoms with Crippen molar-refractivity contribution in [1.29, 1.82) is 0 Å². The van der Waals surface area contributed by atoms with E-state index in [-0.39, 0.29) is 5.84 Å². The van der Waals surface area contributed by atoms with Crippen molar-refractivity contribution in [3.8, 4) is 0 Å². The van der Waals surface area contributed by atoms with Crippen molar-refractivity contribution in [2.45, 2.75) is 19.4 Å². The highest BCUT2D eigenvalue weighted by Crippen LogP contribution is 2.30. The van der Waals surface area contributed by atoms with Crippen LogP contribution in [0, 0.1) is 5.82 Å². The Balaban J connectivity index is 2.44. The molecule has 1 atom stereocenters. The third-order valence-electron chi connectivity index (χ3n) is 2.78. The minimum Gasteiger partial charge on any atom is -0.385 e. The highest BCUT2D eigenvalue weighted by molar-refractivity contribution is 9.10. The lowest BCUT2D eigenvalue weighted by Crippen LogP contribution is -2.34. The lowest BCUT2D eigenvalue weighted by atomic mass is 10.0. The molecule has 4 nitrogen and oxygen atoms in total. The molecule has 18 heavy (non-hydrogen) atoms. The number of halogens is 2. The fourth-order valence-electron chi connectivity index (χ4n) is 2.02. The van der Waals surface area contributed by atoms with Crippen LogP contribution in [0.25, 0.3) is 0 Å². The lowest BCUT2D eigenvalue weighted by molar-refractivity contribution is 0.206. The normalized spacial score (nSPS) is 19.3. The van der Waals surface area contributed by atoms with Gasteiger partial charge in [0.1, 0.15) is 17.7 Å². The lowest BCUT2D eigenvalue weighted by Gasteiger charge is -2.24. The molecule has 1 aromatic rings. The molecule has 0 saturated heterocycles. The van der Waals surface area contributed by atoms with Crippen molar-refractivity contribution in [3.05, 3.63) is 34.1 Å². The Bertz CT molecular complexity index is 518. The molecule has 1 aliphatic heterocycles. The van der Waals surface area contributed by atoms with Crippen molar-refractivity contribution >= 4 is 27.8 Å². The van der Waals surface area contributed by atoms with E-state index in [4.69, 9.17) is 5.73 Å². The largest absolute Gasteiger partial charge is 0.385 e. The number of rotatable bonds is 3. The number of benzene rings is 1. The van der Waals surface area contributed by atoms with Crippen LogP contribution in [-0.4, -0.2) is 23.3 Å². The number of carbonyl (C=O) groups excluding carboxylic acids is 1. The molecule has 96 valence electrons. The van der Waals surface area contributed by atoms with Crippen molar-refractivity contribution in [2.24, 2.45) is 10.7 Å². The quantitative estimate of drug-likeness (QED) is 0.932. The number of nitrogens with two attached hydrogens (primary N) is 1. The summed E-state index contributed by atoms with van der Waals surface area (Å²) in [5, 5.41) is 0. The number of amidine groups is 1. The Labute approximate surface area is 113 Å². The van der Waals surface area contributed by atoms with Crippen LogP contribution < -0.4 is 5.73 Å². The summed E-state index contributed by atoms with van der Waals surface area (Å²) in [5.41, 5.74) is 6.11. The van der Waals surface area contributed by atoms with Crippen LogP contribution in [0.15, 0.2) is 27.7 Å². The average Bonchev–Trinajstić information content (AvgIpc) is 2.58. The minimum atomic E-state index is -0.602. The van der Waals surface area contributed by atoms with Crippen LogP contribution in [0.4, 0.5) is 9.18 Å². The maximum absolute atomic E-state index is 13.9. The molecule has 1 aliphatic rings. The maximum Gasteiger partial charge on any atom is 0.346 e. The topological polar surface area (TPSA) is 58.7 Å². The monoisotopic (exact) mass is 313 g/mol. The number of amides is 2. The highest BCUT2D eigenvalue weighted by atomic mass is 79.9. The highest BCUT2D eigenvalue weighted by Gasteiger charge is 2.35. The van der Waals surface area contributed by atoms with Crippen LogP contribution in [0.1, 0.15) is 24.9 Å². The molecule has 0 aromatic heterocycles. The molecule has 2 N–H and O–H groups in total. The van der Waals surface area contributed by atoms with Gasteiger partial charge in [0, 0.05) is 16.6 Å². The molecule has 1 unspecified atom stereocenters. The van der Waals surface area contributed by atoms with Crippen molar-refractivity contribution in [3.63, 3.8) is 0 Å². The van der Waals surface area contributed by atoms with Gasteiger partial charge >= 0.3 is 6.03 Å². The Hall–Kier alpha value is -1.43. The first-order valence-corrected chi connectivity index (χ1v) is 6.43. The van der Waals surface area contributed by atoms with Gasteiger partial charge in [-0.1, -0.05) is 22.9 Å². The molecule has 2 amide bonds. The summed E-state index contributed by atoms with van der Waals surface area (Å²) in [5.74, 6) is -0.248. The second kappa shape index (κ2) is 5.06. The minimum absolute atomic E-state index is 0.144. The Morgan fingerprint density at radius 1 is 1.56 bits per heavy atom. The van der Waals surface area contributed by atoms with E-state index in [9.17, 15) is 9.18 Å². The molecule has 0 aliphatic carbocycles. The van der Waals surface area contributed by atoms with Gasteiger partial charge in [-0.15, -0.1) is 0 Å². The van der Waals surface area contributed by atoms with Gasteiger partial charge in [-0.05, 0) is 24.6 Å². The molecular weight excluding hydrogens is 301 g/mol. The van der Waals surface area contributed by atoms with Gasteiger partial charge in [-0.2, -0.15) is 4.99 Å². The molecule has 0 radical (unpaired) electrons. The fourth-order valence-corrected chi connectivity index (χ4v) is 2.40. The second-order valence-electron chi connectivity index (χ2n) is 4.08. The van der Waals surface area contributed by atoms with Gasteiger partial charge in [0.05, 0.1) is 0 Å². The summed E-state index contributed by atoms with van der Waals surface area (Å²) in [6, 6.07) is 3.57. The van der Waals surface area contributed by atoms with E-state index in [1.165, 1.54) is 11.0 Å². The number of urea groups is 1. The van der Waals surface area contributed by atoms with Crippen LogP contribution in [-0.2, 0) is 0 Å². The van der Waals surface area contributed by atoms with Crippen LogP contribution in [0.2, 0.25) is 0 Å². The molecule has 0 spiro atoms. The molecule has 6 heteroatoms. The number of hydrogen-bond donors (Lipinski definition) is 1. The van der Waals surface area contributed by atoms with Crippen LogP contribution in [0.5, 0.6) is 0 Å². The SMILES string of the molecule is CCCN1C(=O)N=C(N)C1c1cc(Br)ccc1F. The third-order valence-corrected chi connectivity index (χ3v) is 3.27. The molecule has 0 fully saturated rings. The van der Waals surface area contributed by atoms with Gasteiger partial charge in [-0.25, -0.2) is 9.18 Å². The fraction of sp³-hybridized carbons (Fsp3) is 0.333. The molecule has 2 rings (SSSR count). The Morgan fingerprint density at radius 3 is 2.94 bits per heavy atom. The predicted molar refractivity (Wildman–Crippen MR) is 70.9 cm³/mol. The summed E-state index contributed by atoms with van der Waals surface area (Å²) in [4.78, 5) is 16.9. The first-order valence-electron chi connectivity index (χ1n) is 5.64. The number of hydrogen-bond acceptors (Lipinski definition) is 2. The van der Waals surface area contributed by atoms with E-state index in [1.54, 1.807) is 12.1 Å². The molecule has 1 aromatic carbocycles. The van der Waals surface area contributed by atoms with Gasteiger partial charge < -0.3 is 10.6 Å². The predicted octanol–water partition coefficient (Wildman–Crippen LogP) is 2.83. The zero-order valence-electron chi connectivity index (χ0n) is 9.86. The summed E-state index contributed by atoms with van der Waals surface area (Å²) in [6.07, 6.45) is 0.765. The van der Waals surface area contributed by atoms with Gasteiger partial charge in [0.15, 0.2) is 0 Å². The second-order valence-corrected chi connectivity index (χ2v) is 5.00. The van der Waals surface area contributed by atoms with Crippen molar-refractivity contribution < 1.29 is 9.18 Å². The molecular formula is C12H13BrFN3O. The summed E-state index contributed by atoms with van der Waals surface area (Å²) in [7, 11) is 0.